The topological polar surface area (TPSA) is 0 Å². The van der Waals surface area contributed by atoms with Gasteiger partial charge in [-0.15, -0.1) is 0 Å². The van der Waals surface area contributed by atoms with E-state index >= 15 is 0 Å². The molecule has 0 aromatic carbocycles. The van der Waals surface area contributed by atoms with Crippen molar-refractivity contribution >= 4 is 0 Å². The molecule has 11 heavy (non-hydrogen) atoms. The maximum Gasteiger partial charge on any atom is 0.0136 e. The molecule has 0 amide bonds. The van der Waals surface area contributed by atoms with Crippen molar-refractivity contribution in [2.45, 2.75) is 0 Å². The minimum absolute atomic E-state index is 0. The van der Waals surface area contributed by atoms with E-state index in [1.165, 1.54) is 0 Å². The average Bonchev–Trinajstić information content (AvgIpc) is 2.41. The fourth-order valence-electron chi connectivity index (χ4n) is 0.848. The second-order valence-electron chi connectivity index (χ2n) is 2.16. The van der Waals surface area contributed by atoms with Crippen molar-refractivity contribution < 1.29 is 21.7 Å². The predicted octanol–water partition coefficient (Wildman–Crippen LogP) is 2.67. The smallest absolute Gasteiger partial charge is 0.0136 e. The normalized spacial score (nSPS) is 16.8. The van der Waals surface area contributed by atoms with Crippen LogP contribution in [0, 0.1) is 12.8 Å². The van der Waals surface area contributed by atoms with Gasteiger partial charge in [0.05, 0.1) is 0 Å². The van der Waals surface area contributed by atoms with Crippen molar-refractivity contribution in [1.29, 1.82) is 0 Å². The molecular formula is C10H11Ti. The maximum atomic E-state index is 3.58. The molecular weight excluding hydrogens is 168 g/mol. The van der Waals surface area contributed by atoms with Gasteiger partial charge in [-0.05, 0) is 6.92 Å². The van der Waals surface area contributed by atoms with Crippen molar-refractivity contribution in [3.05, 3.63) is 55.5 Å². The van der Waals surface area contributed by atoms with E-state index < -0.39 is 0 Å². The Hall–Kier alpha value is -0.326. The fourth-order valence-corrected chi connectivity index (χ4v) is 0.848. The first-order valence-electron chi connectivity index (χ1n) is 3.41. The summed E-state index contributed by atoms with van der Waals surface area (Å²) in [5, 5.41) is 0. The number of allylic oxidation sites excluding steroid dienone is 8. The zero-order chi connectivity index (χ0) is 7.23. The Labute approximate surface area is 83.3 Å². The van der Waals surface area contributed by atoms with E-state index in [0.29, 0.717) is 5.92 Å². The summed E-state index contributed by atoms with van der Waals surface area (Å²) in [6.45, 7) is 3.58. The van der Waals surface area contributed by atoms with Crippen molar-refractivity contribution in [2.24, 2.45) is 5.92 Å². The van der Waals surface area contributed by atoms with Crippen LogP contribution in [0.5, 0.6) is 0 Å². The standard InChI is InChI=1S/C10H11.Ti/c1-2-3-4-7-10-8-5-6-9-10;/h2-10H,1H2;. The van der Waals surface area contributed by atoms with Gasteiger partial charge < -0.3 is 0 Å². The Kier molecular flexibility index (Phi) is 6.20. The molecule has 0 heterocycles. The van der Waals surface area contributed by atoms with Crippen LogP contribution in [0.4, 0.5) is 0 Å². The molecule has 0 aliphatic heterocycles. The van der Waals surface area contributed by atoms with Crippen LogP contribution in [-0.4, -0.2) is 0 Å². The van der Waals surface area contributed by atoms with Gasteiger partial charge in [-0.25, -0.2) is 0 Å². The molecule has 0 N–H and O–H groups in total. The summed E-state index contributed by atoms with van der Waals surface area (Å²) < 4.78 is 0. The molecule has 0 saturated heterocycles. The molecule has 1 rings (SSSR count). The van der Waals surface area contributed by atoms with Gasteiger partial charge >= 0.3 is 0 Å². The van der Waals surface area contributed by atoms with Crippen LogP contribution in [0.25, 0.3) is 0 Å². The molecule has 0 unspecified atom stereocenters. The van der Waals surface area contributed by atoms with Gasteiger partial charge in [0, 0.05) is 27.6 Å². The van der Waals surface area contributed by atoms with E-state index in [-0.39, 0.29) is 21.7 Å². The molecule has 1 heteroatoms. The van der Waals surface area contributed by atoms with Crippen LogP contribution in [-0.2, 0) is 21.7 Å². The van der Waals surface area contributed by atoms with Gasteiger partial charge in [-0.3, -0.25) is 0 Å². The van der Waals surface area contributed by atoms with E-state index in [1.807, 2.05) is 12.2 Å². The quantitative estimate of drug-likeness (QED) is 0.451. The van der Waals surface area contributed by atoms with Gasteiger partial charge in [0.2, 0.25) is 0 Å². The summed E-state index contributed by atoms with van der Waals surface area (Å²) in [6, 6.07) is 0. The van der Waals surface area contributed by atoms with E-state index in [4.69, 9.17) is 0 Å². The maximum absolute atomic E-state index is 3.58. The van der Waals surface area contributed by atoms with Crippen LogP contribution in [0.2, 0.25) is 0 Å². The van der Waals surface area contributed by atoms with Crippen LogP contribution < -0.4 is 0 Å². The molecule has 0 aromatic rings. The second-order valence-corrected chi connectivity index (χ2v) is 2.16. The first-order valence-corrected chi connectivity index (χ1v) is 3.41. The Balaban J connectivity index is 0.000001000. The first kappa shape index (κ1) is 10.7. The summed E-state index contributed by atoms with van der Waals surface area (Å²) in [4.78, 5) is 0. The molecule has 1 radical (unpaired) electrons. The van der Waals surface area contributed by atoms with Gasteiger partial charge in [-0.1, -0.05) is 48.6 Å². The molecule has 0 aromatic heterocycles. The number of hydrogen-bond donors (Lipinski definition) is 0. The second kappa shape index (κ2) is 6.39. The van der Waals surface area contributed by atoms with E-state index in [9.17, 15) is 0 Å². The van der Waals surface area contributed by atoms with Gasteiger partial charge in [0.25, 0.3) is 0 Å². The van der Waals surface area contributed by atoms with Crippen molar-refractivity contribution in [1.82, 2.24) is 0 Å². The third kappa shape index (κ3) is 4.18. The first-order chi connectivity index (χ1) is 4.93. The molecule has 55 valence electrons. The molecule has 0 saturated carbocycles. The monoisotopic (exact) mass is 179 g/mol. The third-order valence-electron chi connectivity index (χ3n) is 1.36. The van der Waals surface area contributed by atoms with Gasteiger partial charge in [-0.2, -0.15) is 0 Å². The fraction of sp³-hybridized carbons (Fsp3) is 0.100. The largest absolute Gasteiger partial charge is 0.0842 e. The third-order valence-corrected chi connectivity index (χ3v) is 1.36. The molecule has 1 aliphatic carbocycles. The number of hydrogen-bond acceptors (Lipinski definition) is 0. The summed E-state index contributed by atoms with van der Waals surface area (Å²) in [6.07, 6.45) is 16.3. The Morgan fingerprint density at radius 2 is 1.73 bits per heavy atom. The Bertz CT molecular complexity index is 185. The molecule has 0 fully saturated rings. The zero-order valence-corrected chi connectivity index (χ0v) is 7.96. The summed E-state index contributed by atoms with van der Waals surface area (Å²) in [7, 11) is 0. The minimum Gasteiger partial charge on any atom is -0.0842 e. The SMILES string of the molecule is [CH2]C=CC=CC1C=CC=C1.[Ti]. The van der Waals surface area contributed by atoms with E-state index in [1.54, 1.807) is 6.08 Å². The average molecular weight is 179 g/mol. The van der Waals surface area contributed by atoms with Crippen LogP contribution in [0.15, 0.2) is 48.6 Å². The van der Waals surface area contributed by atoms with Gasteiger partial charge in [0.1, 0.15) is 0 Å². The van der Waals surface area contributed by atoms with Crippen LogP contribution >= 0.6 is 0 Å². The molecule has 0 spiro atoms. The van der Waals surface area contributed by atoms with Crippen LogP contribution in [0.1, 0.15) is 0 Å². The zero-order valence-electron chi connectivity index (χ0n) is 6.40. The Morgan fingerprint density at radius 1 is 1.09 bits per heavy atom. The minimum atomic E-state index is 0. The van der Waals surface area contributed by atoms with Crippen LogP contribution in [0.3, 0.4) is 0 Å². The Morgan fingerprint density at radius 3 is 2.27 bits per heavy atom. The van der Waals surface area contributed by atoms with E-state index in [0.717, 1.165) is 0 Å². The summed E-state index contributed by atoms with van der Waals surface area (Å²) in [5.41, 5.74) is 0. The van der Waals surface area contributed by atoms with Crippen molar-refractivity contribution in [3.63, 3.8) is 0 Å². The van der Waals surface area contributed by atoms with Crippen molar-refractivity contribution in [3.8, 4) is 0 Å². The molecule has 0 nitrogen and oxygen atoms in total. The number of rotatable bonds is 2. The van der Waals surface area contributed by atoms with Gasteiger partial charge in [0.15, 0.2) is 0 Å². The summed E-state index contributed by atoms with van der Waals surface area (Å²) >= 11 is 0. The predicted molar refractivity (Wildman–Crippen MR) is 45.4 cm³/mol. The summed E-state index contributed by atoms with van der Waals surface area (Å²) in [5.74, 6) is 0.496. The molecule has 0 atom stereocenters. The van der Waals surface area contributed by atoms with Crippen molar-refractivity contribution in [2.75, 3.05) is 0 Å². The molecule has 0 bridgehead atoms. The van der Waals surface area contributed by atoms with E-state index in [2.05, 4.69) is 37.3 Å². The molecule has 1 aliphatic rings.